The first-order valence-electron chi connectivity index (χ1n) is 7.00. The van der Waals surface area contributed by atoms with Gasteiger partial charge in [-0.25, -0.2) is 0 Å². The van der Waals surface area contributed by atoms with E-state index in [2.05, 4.69) is 16.8 Å². The van der Waals surface area contributed by atoms with E-state index in [0.717, 1.165) is 38.3 Å². The second-order valence-electron chi connectivity index (χ2n) is 4.94. The van der Waals surface area contributed by atoms with E-state index in [-0.39, 0.29) is 0 Å². The van der Waals surface area contributed by atoms with Crippen LogP contribution in [0.15, 0.2) is 18.7 Å². The smallest absolute Gasteiger partial charge is 0.131 e. The second-order valence-corrected chi connectivity index (χ2v) is 5.34. The molecule has 1 aromatic rings. The summed E-state index contributed by atoms with van der Waals surface area (Å²) in [5, 5.41) is 3.79. The molecule has 1 aliphatic rings. The van der Waals surface area contributed by atoms with E-state index in [0.29, 0.717) is 28.8 Å². The number of anilines is 1. The van der Waals surface area contributed by atoms with Crippen molar-refractivity contribution in [2.75, 3.05) is 52.2 Å². The minimum absolute atomic E-state index is 0.470. The number of nitrogen functional groups attached to an aromatic ring is 1. The second kappa shape index (κ2) is 7.54. The van der Waals surface area contributed by atoms with Gasteiger partial charge in [-0.2, -0.15) is 0 Å². The Bertz CT molecular complexity index is 502. The lowest BCUT2D eigenvalue weighted by Crippen LogP contribution is -2.44. The molecule has 21 heavy (non-hydrogen) atoms. The van der Waals surface area contributed by atoms with E-state index in [1.54, 1.807) is 19.2 Å². The summed E-state index contributed by atoms with van der Waals surface area (Å²) in [6, 6.07) is 3.41. The predicted molar refractivity (Wildman–Crippen MR) is 86.7 cm³/mol. The number of nitrogens with zero attached hydrogens (tertiary/aromatic N) is 1. The van der Waals surface area contributed by atoms with Crippen LogP contribution in [0.4, 0.5) is 5.69 Å². The Morgan fingerprint density at radius 1 is 1.43 bits per heavy atom. The van der Waals surface area contributed by atoms with Crippen molar-refractivity contribution in [1.29, 1.82) is 0 Å². The van der Waals surface area contributed by atoms with Crippen LogP contribution in [0.5, 0.6) is 5.75 Å². The van der Waals surface area contributed by atoms with Gasteiger partial charge >= 0.3 is 0 Å². The minimum Gasteiger partial charge on any atom is -0.496 e. The Balaban J connectivity index is 1.92. The van der Waals surface area contributed by atoms with Crippen molar-refractivity contribution in [3.05, 3.63) is 29.3 Å². The molecule has 6 heteroatoms. The van der Waals surface area contributed by atoms with Gasteiger partial charge in [0.05, 0.1) is 23.4 Å². The summed E-state index contributed by atoms with van der Waals surface area (Å²) in [5.41, 5.74) is 6.98. The number of hydrogen-bond donors (Lipinski definition) is 2. The molecule has 1 fully saturated rings. The summed E-state index contributed by atoms with van der Waals surface area (Å²) in [6.07, 6.45) is 0. The molecular weight excluding hydrogens is 290 g/mol. The first kappa shape index (κ1) is 15.9. The van der Waals surface area contributed by atoms with Crippen LogP contribution in [0.1, 0.15) is 5.56 Å². The number of rotatable bonds is 6. The Morgan fingerprint density at radius 2 is 2.14 bits per heavy atom. The molecule has 5 nitrogen and oxygen atoms in total. The SMILES string of the molecule is C=C(OCCN1CCNCC1)c1cc(Cl)c(N)cc1OC. The zero-order chi connectivity index (χ0) is 15.2. The van der Waals surface area contributed by atoms with Crippen molar-refractivity contribution in [1.82, 2.24) is 10.2 Å². The molecule has 116 valence electrons. The Morgan fingerprint density at radius 3 is 2.81 bits per heavy atom. The molecule has 1 saturated heterocycles. The van der Waals surface area contributed by atoms with Gasteiger partial charge in [0.2, 0.25) is 0 Å². The largest absolute Gasteiger partial charge is 0.496 e. The van der Waals surface area contributed by atoms with Gasteiger partial charge in [0, 0.05) is 38.8 Å². The molecule has 1 aromatic carbocycles. The normalized spacial score (nSPS) is 15.7. The lowest BCUT2D eigenvalue weighted by molar-refractivity contribution is 0.176. The Kier molecular flexibility index (Phi) is 5.73. The van der Waals surface area contributed by atoms with Gasteiger partial charge < -0.3 is 20.5 Å². The third-order valence-corrected chi connectivity index (χ3v) is 3.84. The quantitative estimate of drug-likeness (QED) is 0.620. The fourth-order valence-electron chi connectivity index (χ4n) is 2.27. The van der Waals surface area contributed by atoms with Crippen molar-refractivity contribution in [3.63, 3.8) is 0 Å². The van der Waals surface area contributed by atoms with Crippen LogP contribution < -0.4 is 15.8 Å². The molecule has 1 aliphatic heterocycles. The molecule has 0 atom stereocenters. The van der Waals surface area contributed by atoms with Crippen LogP contribution in [0.2, 0.25) is 5.02 Å². The van der Waals surface area contributed by atoms with E-state index in [1.807, 2.05) is 0 Å². The highest BCUT2D eigenvalue weighted by atomic mass is 35.5. The standard InChI is InChI=1S/C15H22ClN3O2/c1-11(21-8-7-19-5-3-18-4-6-19)12-9-13(16)14(17)10-15(12)20-2/h9-10,18H,1,3-8,17H2,2H3. The van der Waals surface area contributed by atoms with Crippen molar-refractivity contribution < 1.29 is 9.47 Å². The molecule has 0 amide bonds. The molecule has 3 N–H and O–H groups in total. The summed E-state index contributed by atoms with van der Waals surface area (Å²) < 4.78 is 11.0. The number of nitrogens with one attached hydrogen (secondary N) is 1. The van der Waals surface area contributed by atoms with Gasteiger partial charge in [-0.05, 0) is 6.07 Å². The molecule has 2 rings (SSSR count). The summed E-state index contributed by atoms with van der Waals surface area (Å²) in [5.74, 6) is 1.16. The highest BCUT2D eigenvalue weighted by molar-refractivity contribution is 6.33. The van der Waals surface area contributed by atoms with Crippen molar-refractivity contribution in [2.45, 2.75) is 0 Å². The Hall–Kier alpha value is -1.43. The van der Waals surface area contributed by atoms with E-state index in [1.165, 1.54) is 0 Å². The third kappa shape index (κ3) is 4.27. The third-order valence-electron chi connectivity index (χ3n) is 3.51. The number of methoxy groups -OCH3 is 1. The van der Waals surface area contributed by atoms with E-state index < -0.39 is 0 Å². The topological polar surface area (TPSA) is 59.8 Å². The minimum atomic E-state index is 0.470. The van der Waals surface area contributed by atoms with Crippen LogP contribution in [0.3, 0.4) is 0 Å². The summed E-state index contributed by atoms with van der Waals surface area (Å²) in [6.45, 7) is 9.58. The predicted octanol–water partition coefficient (Wildman–Crippen LogP) is 1.82. The summed E-state index contributed by atoms with van der Waals surface area (Å²) in [7, 11) is 1.58. The maximum absolute atomic E-state index is 6.05. The van der Waals surface area contributed by atoms with E-state index >= 15 is 0 Å². The number of nitrogens with two attached hydrogens (primary N) is 1. The molecule has 0 aromatic heterocycles. The highest BCUT2D eigenvalue weighted by Crippen LogP contribution is 2.33. The van der Waals surface area contributed by atoms with Gasteiger partial charge in [0.25, 0.3) is 0 Å². The van der Waals surface area contributed by atoms with Gasteiger partial charge in [-0.1, -0.05) is 18.2 Å². The number of ether oxygens (including phenoxy) is 2. The van der Waals surface area contributed by atoms with Crippen molar-refractivity contribution in [3.8, 4) is 5.75 Å². The van der Waals surface area contributed by atoms with Crippen molar-refractivity contribution in [2.24, 2.45) is 0 Å². The number of piperazine rings is 1. The lowest BCUT2D eigenvalue weighted by Gasteiger charge is -2.27. The van der Waals surface area contributed by atoms with Crippen LogP contribution in [0.25, 0.3) is 5.76 Å². The van der Waals surface area contributed by atoms with Crippen molar-refractivity contribution >= 4 is 23.0 Å². The first-order valence-corrected chi connectivity index (χ1v) is 7.37. The first-order chi connectivity index (χ1) is 10.1. The highest BCUT2D eigenvalue weighted by Gasteiger charge is 2.13. The number of hydrogen-bond acceptors (Lipinski definition) is 5. The molecule has 0 aliphatic carbocycles. The monoisotopic (exact) mass is 311 g/mol. The van der Waals surface area contributed by atoms with Gasteiger partial charge in [-0.3, -0.25) is 4.90 Å². The summed E-state index contributed by atoms with van der Waals surface area (Å²) in [4.78, 5) is 2.36. The van der Waals surface area contributed by atoms with Gasteiger partial charge in [0.1, 0.15) is 18.1 Å². The van der Waals surface area contributed by atoms with Gasteiger partial charge in [-0.15, -0.1) is 0 Å². The lowest BCUT2D eigenvalue weighted by atomic mass is 10.1. The molecule has 0 spiro atoms. The van der Waals surface area contributed by atoms with E-state index in [9.17, 15) is 0 Å². The molecular formula is C15H22ClN3O2. The Labute approximate surface area is 130 Å². The van der Waals surface area contributed by atoms with Crippen LogP contribution >= 0.6 is 11.6 Å². The number of benzene rings is 1. The average Bonchev–Trinajstić information content (AvgIpc) is 2.50. The maximum atomic E-state index is 6.05. The average molecular weight is 312 g/mol. The van der Waals surface area contributed by atoms with Gasteiger partial charge in [0.15, 0.2) is 0 Å². The molecule has 1 heterocycles. The van der Waals surface area contributed by atoms with E-state index in [4.69, 9.17) is 26.8 Å². The van der Waals surface area contributed by atoms with Crippen LogP contribution in [-0.2, 0) is 4.74 Å². The van der Waals surface area contributed by atoms with Crippen LogP contribution in [-0.4, -0.2) is 51.3 Å². The fourth-order valence-corrected chi connectivity index (χ4v) is 2.43. The maximum Gasteiger partial charge on any atom is 0.131 e. The zero-order valence-corrected chi connectivity index (χ0v) is 13.1. The molecule has 0 radical (unpaired) electrons. The molecule has 0 unspecified atom stereocenters. The van der Waals surface area contributed by atoms with Crippen LogP contribution in [0, 0.1) is 0 Å². The number of halogens is 1. The fraction of sp³-hybridized carbons (Fsp3) is 0.467. The summed E-state index contributed by atoms with van der Waals surface area (Å²) >= 11 is 6.05. The molecule has 0 bridgehead atoms. The zero-order valence-electron chi connectivity index (χ0n) is 12.3. The molecule has 0 saturated carbocycles.